The number of rotatable bonds is 7. The lowest BCUT2D eigenvalue weighted by molar-refractivity contribution is -0.122. The molecule has 0 unspecified atom stereocenters. The minimum atomic E-state index is -0.652. The fourth-order valence-electron chi connectivity index (χ4n) is 2.14. The van der Waals surface area contributed by atoms with Crippen LogP contribution in [0.15, 0.2) is 54.6 Å². The molecular weight excluding hydrogens is 316 g/mol. The van der Waals surface area contributed by atoms with Gasteiger partial charge in [-0.1, -0.05) is 38.1 Å². The van der Waals surface area contributed by atoms with Gasteiger partial charge in [-0.25, -0.2) is 0 Å². The van der Waals surface area contributed by atoms with Crippen molar-refractivity contribution in [1.82, 2.24) is 5.32 Å². The summed E-state index contributed by atoms with van der Waals surface area (Å²) in [4.78, 5) is 24.4. The van der Waals surface area contributed by atoms with Crippen LogP contribution in [0.1, 0.15) is 31.1 Å². The van der Waals surface area contributed by atoms with Gasteiger partial charge in [0.15, 0.2) is 6.10 Å². The zero-order valence-corrected chi connectivity index (χ0v) is 14.8. The van der Waals surface area contributed by atoms with Gasteiger partial charge in [0, 0.05) is 17.8 Å². The number of hydrogen-bond acceptors (Lipinski definition) is 3. The largest absolute Gasteiger partial charge is 0.481 e. The summed E-state index contributed by atoms with van der Waals surface area (Å²) in [7, 11) is 0. The number of ether oxygens (including phenoxy) is 1. The van der Waals surface area contributed by atoms with Gasteiger partial charge in [0.1, 0.15) is 5.75 Å². The molecule has 0 aliphatic rings. The van der Waals surface area contributed by atoms with E-state index in [-0.39, 0.29) is 11.8 Å². The standard InChI is InChI=1S/C20H24N2O3/c1-14(2)13-21-20(24)16-8-7-9-17(12-16)22-19(23)15(3)25-18-10-5-4-6-11-18/h4-12,14-15H,13H2,1-3H3,(H,21,24)(H,22,23)/t15-/m1/s1. The predicted octanol–water partition coefficient (Wildman–Crippen LogP) is 3.48. The second-order valence-corrected chi connectivity index (χ2v) is 6.25. The number of amides is 2. The smallest absolute Gasteiger partial charge is 0.265 e. The monoisotopic (exact) mass is 340 g/mol. The number of benzene rings is 2. The lowest BCUT2D eigenvalue weighted by Crippen LogP contribution is -2.30. The Kier molecular flexibility index (Phi) is 6.57. The molecule has 0 bridgehead atoms. The highest BCUT2D eigenvalue weighted by Crippen LogP contribution is 2.14. The average Bonchev–Trinajstić information content (AvgIpc) is 2.60. The number of hydrogen-bond donors (Lipinski definition) is 2. The third-order valence-electron chi connectivity index (χ3n) is 3.49. The second-order valence-electron chi connectivity index (χ2n) is 6.25. The molecule has 0 heterocycles. The molecule has 0 radical (unpaired) electrons. The van der Waals surface area contributed by atoms with E-state index in [0.29, 0.717) is 29.5 Å². The molecule has 2 amide bonds. The van der Waals surface area contributed by atoms with Gasteiger partial charge in [-0.05, 0) is 43.2 Å². The molecule has 2 aromatic carbocycles. The topological polar surface area (TPSA) is 67.4 Å². The summed E-state index contributed by atoms with van der Waals surface area (Å²) in [6.45, 7) is 6.36. The number of para-hydroxylation sites is 1. The molecule has 1 atom stereocenters. The van der Waals surface area contributed by atoms with Crippen LogP contribution < -0.4 is 15.4 Å². The highest BCUT2D eigenvalue weighted by Gasteiger charge is 2.15. The first-order valence-electron chi connectivity index (χ1n) is 8.36. The summed E-state index contributed by atoms with van der Waals surface area (Å²) >= 11 is 0. The van der Waals surface area contributed by atoms with Crippen molar-refractivity contribution in [2.75, 3.05) is 11.9 Å². The van der Waals surface area contributed by atoms with E-state index in [1.165, 1.54) is 0 Å². The molecule has 0 saturated heterocycles. The molecule has 2 aromatic rings. The zero-order chi connectivity index (χ0) is 18.2. The average molecular weight is 340 g/mol. The molecule has 5 heteroatoms. The van der Waals surface area contributed by atoms with Crippen LogP contribution in [0, 0.1) is 5.92 Å². The zero-order valence-electron chi connectivity index (χ0n) is 14.8. The Morgan fingerprint density at radius 2 is 1.72 bits per heavy atom. The lowest BCUT2D eigenvalue weighted by Gasteiger charge is -2.15. The molecule has 5 nitrogen and oxygen atoms in total. The van der Waals surface area contributed by atoms with Crippen LogP contribution >= 0.6 is 0 Å². The van der Waals surface area contributed by atoms with Gasteiger partial charge in [0.2, 0.25) is 0 Å². The molecule has 0 fully saturated rings. The highest BCUT2D eigenvalue weighted by molar-refractivity contribution is 5.98. The predicted molar refractivity (Wildman–Crippen MR) is 98.8 cm³/mol. The third-order valence-corrected chi connectivity index (χ3v) is 3.49. The maximum atomic E-state index is 12.3. The van der Waals surface area contributed by atoms with E-state index >= 15 is 0 Å². The summed E-state index contributed by atoms with van der Waals surface area (Å²) in [5.74, 6) is 0.580. The first-order chi connectivity index (χ1) is 12.0. The quantitative estimate of drug-likeness (QED) is 0.811. The summed E-state index contributed by atoms with van der Waals surface area (Å²) in [6, 6.07) is 16.0. The van der Waals surface area contributed by atoms with E-state index in [1.807, 2.05) is 32.0 Å². The Labute approximate surface area is 148 Å². The number of carbonyl (C=O) groups excluding carboxylic acids is 2. The molecular formula is C20H24N2O3. The van der Waals surface area contributed by atoms with Crippen molar-refractivity contribution >= 4 is 17.5 Å². The fraction of sp³-hybridized carbons (Fsp3) is 0.300. The SMILES string of the molecule is CC(C)CNC(=O)c1cccc(NC(=O)[C@@H](C)Oc2ccccc2)c1. The molecule has 0 aliphatic heterocycles. The third kappa shape index (κ3) is 5.95. The van der Waals surface area contributed by atoms with Gasteiger partial charge < -0.3 is 15.4 Å². The Balaban J connectivity index is 1.96. The maximum absolute atomic E-state index is 12.3. The normalized spacial score (nSPS) is 11.7. The van der Waals surface area contributed by atoms with Crippen molar-refractivity contribution in [3.8, 4) is 5.75 Å². The van der Waals surface area contributed by atoms with Crippen molar-refractivity contribution in [1.29, 1.82) is 0 Å². The first-order valence-corrected chi connectivity index (χ1v) is 8.36. The minimum absolute atomic E-state index is 0.154. The Hall–Kier alpha value is -2.82. The van der Waals surface area contributed by atoms with E-state index in [0.717, 1.165) is 0 Å². The number of nitrogens with one attached hydrogen (secondary N) is 2. The Morgan fingerprint density at radius 1 is 1.00 bits per heavy atom. The summed E-state index contributed by atoms with van der Waals surface area (Å²) < 4.78 is 5.60. The van der Waals surface area contributed by atoms with Crippen LogP contribution in [-0.4, -0.2) is 24.5 Å². The molecule has 0 aliphatic carbocycles. The van der Waals surface area contributed by atoms with Gasteiger partial charge in [-0.2, -0.15) is 0 Å². The number of carbonyl (C=O) groups is 2. The van der Waals surface area contributed by atoms with E-state index in [4.69, 9.17) is 4.74 Å². The van der Waals surface area contributed by atoms with Gasteiger partial charge in [0.05, 0.1) is 0 Å². The molecule has 0 spiro atoms. The van der Waals surface area contributed by atoms with Crippen molar-refractivity contribution < 1.29 is 14.3 Å². The van der Waals surface area contributed by atoms with Crippen LogP contribution in [0.4, 0.5) is 5.69 Å². The molecule has 0 aromatic heterocycles. The van der Waals surface area contributed by atoms with E-state index in [2.05, 4.69) is 10.6 Å². The summed E-state index contributed by atoms with van der Waals surface area (Å²) in [6.07, 6.45) is -0.652. The van der Waals surface area contributed by atoms with Crippen LogP contribution in [0.5, 0.6) is 5.75 Å². The first kappa shape index (κ1) is 18.5. The van der Waals surface area contributed by atoms with E-state index < -0.39 is 6.10 Å². The maximum Gasteiger partial charge on any atom is 0.265 e. The van der Waals surface area contributed by atoms with Crippen LogP contribution in [0.25, 0.3) is 0 Å². The molecule has 2 N–H and O–H groups in total. The Bertz CT molecular complexity index is 714. The van der Waals surface area contributed by atoms with Crippen LogP contribution in [0.2, 0.25) is 0 Å². The Morgan fingerprint density at radius 3 is 2.40 bits per heavy atom. The summed E-state index contributed by atoms with van der Waals surface area (Å²) in [5.41, 5.74) is 1.07. The minimum Gasteiger partial charge on any atom is -0.481 e. The number of anilines is 1. The molecule has 2 rings (SSSR count). The van der Waals surface area contributed by atoms with Gasteiger partial charge >= 0.3 is 0 Å². The van der Waals surface area contributed by atoms with Gasteiger partial charge in [0.25, 0.3) is 11.8 Å². The lowest BCUT2D eigenvalue weighted by atomic mass is 10.1. The summed E-state index contributed by atoms with van der Waals surface area (Å²) in [5, 5.41) is 5.64. The van der Waals surface area contributed by atoms with Crippen LogP contribution in [-0.2, 0) is 4.79 Å². The van der Waals surface area contributed by atoms with Crippen molar-refractivity contribution in [3.05, 3.63) is 60.2 Å². The second kappa shape index (κ2) is 8.87. The highest BCUT2D eigenvalue weighted by atomic mass is 16.5. The fourth-order valence-corrected chi connectivity index (χ4v) is 2.14. The van der Waals surface area contributed by atoms with Gasteiger partial charge in [-0.15, -0.1) is 0 Å². The van der Waals surface area contributed by atoms with E-state index in [1.54, 1.807) is 43.3 Å². The van der Waals surface area contributed by atoms with E-state index in [9.17, 15) is 9.59 Å². The van der Waals surface area contributed by atoms with Crippen molar-refractivity contribution in [2.45, 2.75) is 26.9 Å². The van der Waals surface area contributed by atoms with Crippen molar-refractivity contribution in [3.63, 3.8) is 0 Å². The molecule has 25 heavy (non-hydrogen) atoms. The van der Waals surface area contributed by atoms with Crippen LogP contribution in [0.3, 0.4) is 0 Å². The van der Waals surface area contributed by atoms with Crippen molar-refractivity contribution in [2.24, 2.45) is 5.92 Å². The van der Waals surface area contributed by atoms with Gasteiger partial charge in [-0.3, -0.25) is 9.59 Å². The molecule has 0 saturated carbocycles. The molecule has 132 valence electrons.